The van der Waals surface area contributed by atoms with Crippen molar-refractivity contribution in [2.24, 2.45) is 0 Å². The van der Waals surface area contributed by atoms with Crippen LogP contribution in [0.1, 0.15) is 50.9 Å². The zero-order chi connectivity index (χ0) is 16.6. The number of nitrogens with zero attached hydrogens (tertiary/aromatic N) is 1. The molecule has 0 radical (unpaired) electrons. The summed E-state index contributed by atoms with van der Waals surface area (Å²) in [4.78, 5) is 4.72. The van der Waals surface area contributed by atoms with Gasteiger partial charge in [-0.25, -0.2) is 13.9 Å². The number of aromatic nitrogens is 1. The summed E-state index contributed by atoms with van der Waals surface area (Å²) in [7, 11) is 0.560. The summed E-state index contributed by atoms with van der Waals surface area (Å²) in [6, 6.07) is 8.25. The lowest BCUT2D eigenvalue weighted by molar-refractivity contribution is 0.399. The van der Waals surface area contributed by atoms with Gasteiger partial charge in [0.05, 0.1) is 22.8 Å². The molecule has 0 fully saturated rings. The first-order valence-electron chi connectivity index (χ1n) is 8.05. The van der Waals surface area contributed by atoms with Crippen LogP contribution in [-0.2, 0) is 17.4 Å². The van der Waals surface area contributed by atoms with Crippen LogP contribution in [0.2, 0.25) is 0 Å². The lowest BCUT2D eigenvalue weighted by Crippen LogP contribution is -2.37. The van der Waals surface area contributed by atoms with Crippen LogP contribution in [0.25, 0.3) is 10.8 Å². The highest BCUT2D eigenvalue weighted by atomic mass is 32.2. The van der Waals surface area contributed by atoms with Gasteiger partial charge < -0.3 is 4.74 Å². The van der Waals surface area contributed by atoms with Crippen LogP contribution >= 0.6 is 0 Å². The van der Waals surface area contributed by atoms with Crippen molar-refractivity contribution in [2.75, 3.05) is 7.11 Å². The Morgan fingerprint density at radius 2 is 1.96 bits per heavy atom. The van der Waals surface area contributed by atoms with Crippen LogP contribution in [0.4, 0.5) is 0 Å². The number of pyridine rings is 1. The second kappa shape index (κ2) is 6.21. The highest BCUT2D eigenvalue weighted by Gasteiger charge is 2.29. The van der Waals surface area contributed by atoms with E-state index in [1.165, 1.54) is 5.56 Å². The quantitative estimate of drug-likeness (QED) is 0.933. The molecule has 0 saturated carbocycles. The van der Waals surface area contributed by atoms with E-state index in [4.69, 9.17) is 9.72 Å². The molecule has 2 aromatic rings. The summed E-state index contributed by atoms with van der Waals surface area (Å²) in [6.07, 6.45) is 2.96. The van der Waals surface area contributed by atoms with Crippen LogP contribution in [0.5, 0.6) is 5.88 Å². The van der Waals surface area contributed by atoms with Crippen LogP contribution in [0.15, 0.2) is 24.3 Å². The highest BCUT2D eigenvalue weighted by molar-refractivity contribution is 7.84. The van der Waals surface area contributed by atoms with Gasteiger partial charge in [0.1, 0.15) is 0 Å². The fourth-order valence-corrected chi connectivity index (χ4v) is 3.93. The molecule has 1 N–H and O–H groups in total. The molecule has 1 heterocycles. The molecule has 4 nitrogen and oxygen atoms in total. The minimum absolute atomic E-state index is 0.0714. The van der Waals surface area contributed by atoms with Crippen molar-refractivity contribution < 1.29 is 8.95 Å². The lowest BCUT2D eigenvalue weighted by atomic mass is 9.88. The number of ether oxygens (including phenoxy) is 1. The SMILES string of the molecule is COc1nc2c(c3ccccc13)C(NS(=O)C(C)(C)C)CCC2. The molecule has 0 amide bonds. The Kier molecular flexibility index (Phi) is 4.43. The zero-order valence-electron chi connectivity index (χ0n) is 14.2. The molecule has 2 unspecified atom stereocenters. The number of hydrogen-bond acceptors (Lipinski definition) is 3. The molecule has 1 aliphatic rings. The molecule has 1 aromatic heterocycles. The molecule has 1 aromatic carbocycles. The predicted octanol–water partition coefficient (Wildman–Crippen LogP) is 3.67. The van der Waals surface area contributed by atoms with Crippen molar-refractivity contribution in [3.63, 3.8) is 0 Å². The molecular weight excluding hydrogens is 308 g/mol. The van der Waals surface area contributed by atoms with Crippen molar-refractivity contribution in [3.05, 3.63) is 35.5 Å². The van der Waals surface area contributed by atoms with Crippen molar-refractivity contribution in [3.8, 4) is 5.88 Å². The van der Waals surface area contributed by atoms with Crippen molar-refractivity contribution in [1.29, 1.82) is 0 Å². The molecule has 3 rings (SSSR count). The van der Waals surface area contributed by atoms with E-state index in [0.29, 0.717) is 5.88 Å². The molecule has 124 valence electrons. The fraction of sp³-hybridized carbons (Fsp3) is 0.500. The third-order valence-corrected chi connectivity index (χ3v) is 5.86. The van der Waals surface area contributed by atoms with Crippen LogP contribution in [-0.4, -0.2) is 21.0 Å². The fourth-order valence-electron chi connectivity index (χ4n) is 3.08. The van der Waals surface area contributed by atoms with Crippen LogP contribution in [0, 0.1) is 0 Å². The number of benzene rings is 1. The first-order valence-corrected chi connectivity index (χ1v) is 9.20. The van der Waals surface area contributed by atoms with E-state index in [2.05, 4.69) is 10.8 Å². The van der Waals surface area contributed by atoms with Gasteiger partial charge in [0, 0.05) is 17.1 Å². The van der Waals surface area contributed by atoms with Gasteiger partial charge in [0.15, 0.2) is 0 Å². The van der Waals surface area contributed by atoms with E-state index in [1.807, 2.05) is 39.0 Å². The van der Waals surface area contributed by atoms with Gasteiger partial charge >= 0.3 is 0 Å². The maximum atomic E-state index is 12.6. The number of hydrogen-bond donors (Lipinski definition) is 1. The van der Waals surface area contributed by atoms with Gasteiger partial charge in [0.25, 0.3) is 0 Å². The Bertz CT molecular complexity index is 753. The maximum Gasteiger partial charge on any atom is 0.221 e. The molecule has 0 spiro atoms. The van der Waals surface area contributed by atoms with Gasteiger partial charge in [-0.05, 0) is 57.0 Å². The largest absolute Gasteiger partial charge is 0.481 e. The highest BCUT2D eigenvalue weighted by Crippen LogP contribution is 2.38. The number of nitrogens with one attached hydrogen (secondary N) is 1. The summed E-state index contributed by atoms with van der Waals surface area (Å²) >= 11 is 0. The van der Waals surface area contributed by atoms with Crippen LogP contribution in [0.3, 0.4) is 0 Å². The topological polar surface area (TPSA) is 51.2 Å². The van der Waals surface area contributed by atoms with Crippen molar-refractivity contribution in [1.82, 2.24) is 9.71 Å². The molecular formula is C18H24N2O2S. The average molecular weight is 332 g/mol. The Labute approximate surface area is 140 Å². The molecule has 0 bridgehead atoms. The molecule has 23 heavy (non-hydrogen) atoms. The average Bonchev–Trinajstić information content (AvgIpc) is 2.53. The van der Waals surface area contributed by atoms with Gasteiger partial charge in [-0.1, -0.05) is 18.2 Å². The van der Waals surface area contributed by atoms with Gasteiger partial charge in [-0.15, -0.1) is 0 Å². The summed E-state index contributed by atoms with van der Waals surface area (Å²) in [6.45, 7) is 5.97. The number of aryl methyl sites for hydroxylation is 1. The van der Waals surface area contributed by atoms with Crippen LogP contribution < -0.4 is 9.46 Å². The van der Waals surface area contributed by atoms with Gasteiger partial charge in [-0.2, -0.15) is 0 Å². The van der Waals surface area contributed by atoms with E-state index < -0.39 is 11.0 Å². The number of methoxy groups -OCH3 is 1. The van der Waals surface area contributed by atoms with E-state index in [-0.39, 0.29) is 10.8 Å². The summed E-state index contributed by atoms with van der Waals surface area (Å²) in [5, 5.41) is 2.17. The number of fused-ring (bicyclic) bond motifs is 3. The second-order valence-electron chi connectivity index (χ2n) is 6.97. The minimum atomic E-state index is -1.10. The molecule has 0 saturated heterocycles. The smallest absolute Gasteiger partial charge is 0.221 e. The monoisotopic (exact) mass is 332 g/mol. The Balaban J connectivity index is 2.11. The normalized spacial score (nSPS) is 19.4. The maximum absolute atomic E-state index is 12.6. The molecule has 0 aliphatic heterocycles. The minimum Gasteiger partial charge on any atom is -0.481 e. The standard InChI is InChI=1S/C18H24N2O2S/c1-18(2,3)23(21)20-15-11-7-10-14-16(15)12-8-5-6-9-13(12)17(19-14)22-4/h5-6,8-9,15,20H,7,10-11H2,1-4H3. The van der Waals surface area contributed by atoms with E-state index in [9.17, 15) is 4.21 Å². The third-order valence-electron chi connectivity index (χ3n) is 4.25. The van der Waals surface area contributed by atoms with E-state index in [0.717, 1.165) is 35.7 Å². The summed E-state index contributed by atoms with van der Waals surface area (Å²) < 4.78 is 21.1. The van der Waals surface area contributed by atoms with Gasteiger partial charge in [0.2, 0.25) is 5.88 Å². The summed E-state index contributed by atoms with van der Waals surface area (Å²) in [5.74, 6) is 0.678. The molecule has 2 atom stereocenters. The Hall–Kier alpha value is -1.46. The van der Waals surface area contributed by atoms with Gasteiger partial charge in [-0.3, -0.25) is 0 Å². The summed E-state index contributed by atoms with van der Waals surface area (Å²) in [5.41, 5.74) is 2.25. The second-order valence-corrected chi connectivity index (χ2v) is 8.97. The first kappa shape index (κ1) is 16.4. The number of rotatable bonds is 3. The lowest BCUT2D eigenvalue weighted by Gasteiger charge is -2.30. The molecule has 5 heteroatoms. The van der Waals surface area contributed by atoms with Crippen molar-refractivity contribution in [2.45, 2.75) is 50.8 Å². The predicted molar refractivity (Wildman–Crippen MR) is 95.0 cm³/mol. The third kappa shape index (κ3) is 3.12. The Morgan fingerprint density at radius 1 is 1.26 bits per heavy atom. The van der Waals surface area contributed by atoms with Crippen molar-refractivity contribution >= 4 is 21.8 Å². The first-order chi connectivity index (χ1) is 10.9. The Morgan fingerprint density at radius 3 is 2.61 bits per heavy atom. The van der Waals surface area contributed by atoms with E-state index >= 15 is 0 Å². The zero-order valence-corrected chi connectivity index (χ0v) is 15.0. The molecule has 1 aliphatic carbocycles. The van der Waals surface area contributed by atoms with E-state index in [1.54, 1.807) is 7.11 Å².